The van der Waals surface area contributed by atoms with Crippen LogP contribution in [0.2, 0.25) is 0 Å². The molecule has 0 aliphatic rings. The highest BCUT2D eigenvalue weighted by atomic mass is 16.5. The predicted molar refractivity (Wildman–Crippen MR) is 88.6 cm³/mol. The van der Waals surface area contributed by atoms with Crippen molar-refractivity contribution in [1.29, 1.82) is 0 Å². The lowest BCUT2D eigenvalue weighted by Gasteiger charge is -2.31. The van der Waals surface area contributed by atoms with E-state index >= 15 is 0 Å². The molecule has 5 nitrogen and oxygen atoms in total. The zero-order valence-electron chi connectivity index (χ0n) is 14.9. The Labute approximate surface area is 131 Å². The summed E-state index contributed by atoms with van der Waals surface area (Å²) in [5.74, 6) is -0.142. The van der Waals surface area contributed by atoms with E-state index in [1.165, 1.54) is 0 Å². The minimum atomic E-state index is -0.584. The van der Waals surface area contributed by atoms with Crippen LogP contribution in [0.3, 0.4) is 0 Å². The number of esters is 1. The fourth-order valence-electron chi connectivity index (χ4n) is 2.36. The number of hydrogen-bond donors (Lipinski definition) is 1. The minimum Gasteiger partial charge on any atom is -0.465 e. The van der Waals surface area contributed by atoms with Crippen molar-refractivity contribution in [2.24, 2.45) is 0 Å². The molecule has 1 N–H and O–H groups in total. The number of likely N-dealkylation sites (N-methyl/N-ethyl adjacent to an activating group) is 1. The summed E-state index contributed by atoms with van der Waals surface area (Å²) in [5.41, 5.74) is -0.584. The van der Waals surface area contributed by atoms with Crippen LogP contribution in [0.5, 0.6) is 0 Å². The van der Waals surface area contributed by atoms with Crippen molar-refractivity contribution in [3.63, 3.8) is 0 Å². The number of carbonyl (C=O) groups is 1. The maximum atomic E-state index is 12.1. The van der Waals surface area contributed by atoms with E-state index < -0.39 is 5.54 Å². The molecular weight excluding hydrogens is 266 g/mol. The molecule has 0 radical (unpaired) electrons. The molecule has 0 amide bonds. The number of nitrogens with zero attached hydrogens (tertiary/aromatic N) is 2. The first-order valence-electron chi connectivity index (χ1n) is 8.18. The number of ether oxygens (including phenoxy) is 1. The second-order valence-corrected chi connectivity index (χ2v) is 5.92. The van der Waals surface area contributed by atoms with Crippen molar-refractivity contribution in [3.8, 4) is 0 Å². The Morgan fingerprint density at radius 2 is 1.81 bits per heavy atom. The van der Waals surface area contributed by atoms with Gasteiger partial charge in [-0.15, -0.1) is 0 Å². The fourth-order valence-corrected chi connectivity index (χ4v) is 2.36. The number of hydrogen-bond acceptors (Lipinski definition) is 5. The summed E-state index contributed by atoms with van der Waals surface area (Å²) < 4.78 is 5.21. The molecule has 0 heterocycles. The van der Waals surface area contributed by atoms with Gasteiger partial charge in [0.05, 0.1) is 6.61 Å². The zero-order chi connectivity index (χ0) is 16.3. The second-order valence-electron chi connectivity index (χ2n) is 5.92. The molecule has 0 rings (SSSR count). The fraction of sp³-hybridized carbons (Fsp3) is 0.938. The topological polar surface area (TPSA) is 44.8 Å². The summed E-state index contributed by atoms with van der Waals surface area (Å²) in [7, 11) is 4.19. The molecule has 21 heavy (non-hydrogen) atoms. The molecule has 0 saturated carbocycles. The molecule has 0 aliphatic carbocycles. The molecule has 5 heteroatoms. The van der Waals surface area contributed by atoms with E-state index in [9.17, 15) is 4.79 Å². The molecule has 1 unspecified atom stereocenters. The molecule has 0 aromatic rings. The van der Waals surface area contributed by atoms with Gasteiger partial charge in [-0.25, -0.2) is 0 Å². The molecule has 126 valence electrons. The zero-order valence-corrected chi connectivity index (χ0v) is 14.9. The predicted octanol–water partition coefficient (Wildman–Crippen LogP) is 1.58. The average Bonchev–Trinajstić information content (AvgIpc) is 2.42. The van der Waals surface area contributed by atoms with Gasteiger partial charge >= 0.3 is 5.97 Å². The third kappa shape index (κ3) is 8.39. The van der Waals surface area contributed by atoms with Gasteiger partial charge in [0.2, 0.25) is 0 Å². The third-order valence-corrected chi connectivity index (χ3v) is 3.75. The van der Waals surface area contributed by atoms with Gasteiger partial charge in [-0.3, -0.25) is 4.79 Å². The number of nitrogens with one attached hydrogen (secondary N) is 1. The monoisotopic (exact) mass is 301 g/mol. The normalized spacial score (nSPS) is 14.5. The molecule has 1 atom stereocenters. The Kier molecular flexibility index (Phi) is 10.6. The standard InChI is InChI=1S/C16H35N3O2/c1-7-17-16(4,15(20)21-9-3)11-14-19(8-2)13-10-12-18(5)6/h17H,7-14H2,1-6H3. The number of carbonyl (C=O) groups excluding carboxylic acids is 1. The molecule has 0 aromatic carbocycles. The molecular formula is C16H35N3O2. The van der Waals surface area contributed by atoms with Crippen molar-refractivity contribution >= 4 is 5.97 Å². The molecule has 0 spiro atoms. The Morgan fingerprint density at radius 3 is 2.29 bits per heavy atom. The van der Waals surface area contributed by atoms with Gasteiger partial charge in [-0.2, -0.15) is 0 Å². The third-order valence-electron chi connectivity index (χ3n) is 3.75. The van der Waals surface area contributed by atoms with Crippen molar-refractivity contribution in [2.45, 2.75) is 46.1 Å². The van der Waals surface area contributed by atoms with E-state index in [2.05, 4.69) is 36.1 Å². The SMILES string of the molecule is CCNC(C)(CCN(CC)CCCN(C)C)C(=O)OCC. The van der Waals surface area contributed by atoms with Crippen LogP contribution in [-0.4, -0.2) is 74.7 Å². The van der Waals surface area contributed by atoms with Crippen molar-refractivity contribution in [1.82, 2.24) is 15.1 Å². The van der Waals surface area contributed by atoms with Crippen LogP contribution < -0.4 is 5.32 Å². The highest BCUT2D eigenvalue weighted by Crippen LogP contribution is 2.13. The van der Waals surface area contributed by atoms with Gasteiger partial charge < -0.3 is 19.9 Å². The average molecular weight is 301 g/mol. The van der Waals surface area contributed by atoms with Crippen molar-refractivity contribution in [3.05, 3.63) is 0 Å². The molecule has 0 fully saturated rings. The quantitative estimate of drug-likeness (QED) is 0.555. The first-order chi connectivity index (χ1) is 9.89. The summed E-state index contributed by atoms with van der Waals surface area (Å²) in [6.07, 6.45) is 1.92. The summed E-state index contributed by atoms with van der Waals surface area (Å²) in [5, 5.41) is 3.29. The van der Waals surface area contributed by atoms with Gasteiger partial charge in [0.1, 0.15) is 5.54 Å². The molecule has 0 saturated heterocycles. The Morgan fingerprint density at radius 1 is 1.14 bits per heavy atom. The summed E-state index contributed by atoms with van der Waals surface area (Å²) in [6.45, 7) is 13.3. The first kappa shape index (κ1) is 20.3. The van der Waals surface area contributed by atoms with E-state index in [1.807, 2.05) is 20.8 Å². The van der Waals surface area contributed by atoms with Gasteiger partial charge in [-0.1, -0.05) is 13.8 Å². The highest BCUT2D eigenvalue weighted by molar-refractivity contribution is 5.80. The molecule has 0 bridgehead atoms. The maximum Gasteiger partial charge on any atom is 0.326 e. The summed E-state index contributed by atoms with van der Waals surface area (Å²) >= 11 is 0. The Hall–Kier alpha value is -0.650. The Bertz CT molecular complexity index is 285. The van der Waals surface area contributed by atoms with Gasteiger partial charge in [0.15, 0.2) is 0 Å². The van der Waals surface area contributed by atoms with Crippen LogP contribution in [0.15, 0.2) is 0 Å². The van der Waals surface area contributed by atoms with Crippen LogP contribution in [0.4, 0.5) is 0 Å². The number of rotatable bonds is 12. The molecule has 0 aliphatic heterocycles. The van der Waals surface area contributed by atoms with Crippen LogP contribution in [0.25, 0.3) is 0 Å². The van der Waals surface area contributed by atoms with Crippen LogP contribution >= 0.6 is 0 Å². The van der Waals surface area contributed by atoms with E-state index in [1.54, 1.807) is 0 Å². The van der Waals surface area contributed by atoms with Gasteiger partial charge in [0, 0.05) is 6.54 Å². The molecule has 0 aromatic heterocycles. The van der Waals surface area contributed by atoms with Crippen LogP contribution in [-0.2, 0) is 9.53 Å². The Balaban J connectivity index is 4.39. The summed E-state index contributed by atoms with van der Waals surface area (Å²) in [6, 6.07) is 0. The largest absolute Gasteiger partial charge is 0.465 e. The van der Waals surface area contributed by atoms with Crippen molar-refractivity contribution in [2.75, 3.05) is 53.4 Å². The first-order valence-corrected chi connectivity index (χ1v) is 8.18. The van der Waals surface area contributed by atoms with E-state index in [0.717, 1.165) is 45.6 Å². The van der Waals surface area contributed by atoms with Crippen LogP contribution in [0.1, 0.15) is 40.5 Å². The minimum absolute atomic E-state index is 0.142. The second kappa shape index (κ2) is 11.0. The lowest BCUT2D eigenvalue weighted by atomic mass is 9.97. The van der Waals surface area contributed by atoms with Crippen LogP contribution in [0, 0.1) is 0 Å². The van der Waals surface area contributed by atoms with E-state index in [0.29, 0.717) is 6.61 Å². The van der Waals surface area contributed by atoms with Gasteiger partial charge in [0.25, 0.3) is 0 Å². The summed E-state index contributed by atoms with van der Waals surface area (Å²) in [4.78, 5) is 16.8. The lowest BCUT2D eigenvalue weighted by Crippen LogP contribution is -2.52. The van der Waals surface area contributed by atoms with Crippen molar-refractivity contribution < 1.29 is 9.53 Å². The lowest BCUT2D eigenvalue weighted by molar-refractivity contribution is -0.151. The van der Waals surface area contributed by atoms with E-state index in [-0.39, 0.29) is 5.97 Å². The maximum absolute atomic E-state index is 12.1. The van der Waals surface area contributed by atoms with E-state index in [4.69, 9.17) is 4.74 Å². The smallest absolute Gasteiger partial charge is 0.326 e. The van der Waals surface area contributed by atoms with Gasteiger partial charge in [-0.05, 0) is 67.0 Å². The highest BCUT2D eigenvalue weighted by Gasteiger charge is 2.33.